The first-order valence-corrected chi connectivity index (χ1v) is 15.1. The van der Waals surface area contributed by atoms with Crippen LogP contribution in [0.3, 0.4) is 0 Å². The van der Waals surface area contributed by atoms with Crippen LogP contribution in [0.4, 0.5) is 0 Å². The number of esters is 1. The summed E-state index contributed by atoms with van der Waals surface area (Å²) in [6.07, 6.45) is 0.707. The molecule has 1 fully saturated rings. The molecule has 0 bridgehead atoms. The Kier molecular flexibility index (Phi) is 7.77. The average molecular weight is 587 g/mol. The van der Waals surface area contributed by atoms with Gasteiger partial charge in [0.25, 0.3) is 5.91 Å². The summed E-state index contributed by atoms with van der Waals surface area (Å²) >= 11 is 1.29. The Morgan fingerprint density at radius 1 is 1.23 bits per heavy atom. The first-order valence-electron chi connectivity index (χ1n) is 12.8. The highest BCUT2D eigenvalue weighted by Crippen LogP contribution is 2.28. The van der Waals surface area contributed by atoms with E-state index in [0.717, 1.165) is 16.0 Å². The van der Waals surface area contributed by atoms with E-state index in [4.69, 9.17) is 15.7 Å². The molecule has 12 nitrogen and oxygen atoms in total. The number of amidine groups is 1. The Labute approximate surface area is 235 Å². The van der Waals surface area contributed by atoms with Crippen LogP contribution in [0.15, 0.2) is 46.4 Å². The summed E-state index contributed by atoms with van der Waals surface area (Å²) in [4.78, 5) is 33.5. The third-order valence-electron chi connectivity index (χ3n) is 7.09. The van der Waals surface area contributed by atoms with Gasteiger partial charge in [-0.2, -0.15) is 4.31 Å². The quantitative estimate of drug-likeness (QED) is 0.127. The molecule has 0 radical (unpaired) electrons. The molecule has 0 spiro atoms. The predicted molar refractivity (Wildman–Crippen MR) is 149 cm³/mol. The molecule has 1 aromatic heterocycles. The Hall–Kier alpha value is -3.59. The van der Waals surface area contributed by atoms with E-state index in [2.05, 4.69) is 15.5 Å². The number of ether oxygens (including phenoxy) is 1. The minimum absolute atomic E-state index is 0.00166. The van der Waals surface area contributed by atoms with Gasteiger partial charge in [-0.3, -0.25) is 4.79 Å². The van der Waals surface area contributed by atoms with Crippen molar-refractivity contribution in [2.45, 2.75) is 43.8 Å². The van der Waals surface area contributed by atoms with E-state index in [-0.39, 0.29) is 48.0 Å². The minimum atomic E-state index is -4.04. The van der Waals surface area contributed by atoms with E-state index in [9.17, 15) is 18.0 Å². The van der Waals surface area contributed by atoms with Crippen LogP contribution in [-0.4, -0.2) is 83.9 Å². The molecule has 40 heavy (non-hydrogen) atoms. The maximum absolute atomic E-state index is 13.7. The molecule has 1 amide bonds. The lowest BCUT2D eigenvalue weighted by Crippen LogP contribution is -2.59. The molecule has 2 aliphatic rings. The lowest BCUT2D eigenvalue weighted by Gasteiger charge is -2.38. The first-order chi connectivity index (χ1) is 19.1. The summed E-state index contributed by atoms with van der Waals surface area (Å²) in [5, 5.41) is 17.0. The largest absolute Gasteiger partial charge is 0.464 e. The molecule has 1 saturated heterocycles. The Morgan fingerprint density at radius 2 is 2.00 bits per heavy atom. The van der Waals surface area contributed by atoms with Gasteiger partial charge in [-0.25, -0.2) is 18.2 Å². The molecule has 2 aromatic carbocycles. The van der Waals surface area contributed by atoms with Gasteiger partial charge >= 0.3 is 5.97 Å². The number of nitrogens with zero attached hydrogens (tertiary/aromatic N) is 4. The standard InChI is InChI=1S/C26H30N6O6S2/c1-3-38-26(34)21-14-31(8-9-32(21)25(33)24-29-20-10-15(2)28-13-22(20)39-24)40(36,37)19-7-6-16-4-5-17(23(27)30-35)11-18(16)12-19/h4-7,11-12,15,21,28,35H,3,8-10,13-14H2,1-2H3,(H2,27,30). The molecule has 2 unspecified atom stereocenters. The van der Waals surface area contributed by atoms with Gasteiger partial charge in [-0.1, -0.05) is 23.4 Å². The van der Waals surface area contributed by atoms with Gasteiger partial charge < -0.3 is 25.9 Å². The second-order valence-corrected chi connectivity index (χ2v) is 12.7. The number of carbonyl (C=O) groups is 2. The van der Waals surface area contributed by atoms with Crippen molar-refractivity contribution < 1.29 is 28.0 Å². The van der Waals surface area contributed by atoms with Crippen molar-refractivity contribution >= 4 is 49.8 Å². The third kappa shape index (κ3) is 5.27. The Balaban J connectivity index is 1.42. The molecule has 3 aromatic rings. The lowest BCUT2D eigenvalue weighted by molar-refractivity contribution is -0.149. The van der Waals surface area contributed by atoms with Crippen molar-refractivity contribution in [3.63, 3.8) is 0 Å². The van der Waals surface area contributed by atoms with Gasteiger partial charge in [-0.15, -0.1) is 11.3 Å². The Bertz CT molecular complexity index is 1600. The summed E-state index contributed by atoms with van der Waals surface area (Å²) in [6, 6.07) is 8.83. The molecule has 5 rings (SSSR count). The summed E-state index contributed by atoms with van der Waals surface area (Å²) in [5.41, 5.74) is 7.01. The van der Waals surface area contributed by atoms with E-state index >= 15 is 0 Å². The number of aromatic nitrogens is 1. The fraction of sp³-hybridized carbons (Fsp3) is 0.385. The number of piperazine rings is 1. The molecule has 3 heterocycles. The number of hydrogen-bond acceptors (Lipinski definition) is 10. The summed E-state index contributed by atoms with van der Waals surface area (Å²) in [6.45, 7) is 4.17. The Morgan fingerprint density at radius 3 is 2.75 bits per heavy atom. The van der Waals surface area contributed by atoms with Crippen molar-refractivity contribution in [1.82, 2.24) is 19.5 Å². The fourth-order valence-electron chi connectivity index (χ4n) is 4.94. The summed E-state index contributed by atoms with van der Waals surface area (Å²) in [7, 11) is -4.04. The molecule has 2 aliphatic heterocycles. The van der Waals surface area contributed by atoms with Crippen LogP contribution in [0.1, 0.15) is 39.8 Å². The highest BCUT2D eigenvalue weighted by Gasteiger charge is 2.42. The zero-order valence-corrected chi connectivity index (χ0v) is 23.7. The second kappa shape index (κ2) is 11.1. The number of benzene rings is 2. The van der Waals surface area contributed by atoms with Crippen molar-refractivity contribution in [1.29, 1.82) is 0 Å². The van der Waals surface area contributed by atoms with Crippen LogP contribution in [0, 0.1) is 0 Å². The van der Waals surface area contributed by atoms with Crippen LogP contribution in [-0.2, 0) is 32.5 Å². The zero-order valence-electron chi connectivity index (χ0n) is 22.0. The van der Waals surface area contributed by atoms with Crippen LogP contribution in [0.2, 0.25) is 0 Å². The smallest absolute Gasteiger partial charge is 0.330 e. The highest BCUT2D eigenvalue weighted by atomic mass is 32.2. The molecule has 4 N–H and O–H groups in total. The second-order valence-electron chi connectivity index (χ2n) is 9.71. The highest BCUT2D eigenvalue weighted by molar-refractivity contribution is 7.89. The van der Waals surface area contributed by atoms with Gasteiger partial charge in [0.2, 0.25) is 10.0 Å². The van der Waals surface area contributed by atoms with Gasteiger partial charge in [0.15, 0.2) is 10.8 Å². The van der Waals surface area contributed by atoms with E-state index < -0.39 is 27.9 Å². The SMILES string of the molecule is CCOC(=O)C1CN(S(=O)(=O)c2ccc3ccc(/C(N)=N\O)cc3c2)CCN1C(=O)c1nc2c(s1)CNC(C)C2. The molecule has 2 atom stereocenters. The number of sulfonamides is 1. The van der Waals surface area contributed by atoms with Crippen LogP contribution >= 0.6 is 11.3 Å². The average Bonchev–Trinajstić information content (AvgIpc) is 3.38. The first kappa shape index (κ1) is 28.0. The number of rotatable bonds is 6. The zero-order chi connectivity index (χ0) is 28.6. The number of nitrogens with one attached hydrogen (secondary N) is 1. The lowest BCUT2D eigenvalue weighted by atomic mass is 10.1. The molecule has 0 aliphatic carbocycles. The van der Waals surface area contributed by atoms with E-state index in [0.29, 0.717) is 23.9 Å². The molecule has 212 valence electrons. The van der Waals surface area contributed by atoms with Crippen molar-refractivity contribution in [2.75, 3.05) is 26.2 Å². The monoisotopic (exact) mass is 586 g/mol. The molecule has 14 heteroatoms. The number of oxime groups is 1. The number of hydrogen-bond donors (Lipinski definition) is 3. The van der Waals surface area contributed by atoms with Crippen molar-refractivity contribution in [3.8, 4) is 0 Å². The van der Waals surface area contributed by atoms with Gasteiger partial charge in [0, 0.05) is 49.1 Å². The number of fused-ring (bicyclic) bond motifs is 2. The predicted octanol–water partition coefficient (Wildman–Crippen LogP) is 1.50. The van der Waals surface area contributed by atoms with Crippen molar-refractivity contribution in [2.24, 2.45) is 10.9 Å². The number of amides is 1. The topological polar surface area (TPSA) is 168 Å². The molecule has 0 saturated carbocycles. The number of carbonyl (C=O) groups excluding carboxylic acids is 2. The molecular formula is C26H30N6O6S2. The van der Waals surface area contributed by atoms with Crippen LogP contribution in [0.25, 0.3) is 10.8 Å². The van der Waals surface area contributed by atoms with Gasteiger partial charge in [-0.05, 0) is 42.8 Å². The van der Waals surface area contributed by atoms with E-state index in [1.54, 1.807) is 31.2 Å². The summed E-state index contributed by atoms with van der Waals surface area (Å²) in [5.74, 6) is -1.18. The summed E-state index contributed by atoms with van der Waals surface area (Å²) < 4.78 is 33.9. The van der Waals surface area contributed by atoms with Crippen LogP contribution < -0.4 is 11.1 Å². The van der Waals surface area contributed by atoms with Gasteiger partial charge in [0.05, 0.1) is 17.2 Å². The third-order valence-corrected chi connectivity index (χ3v) is 10.0. The fourth-order valence-corrected chi connectivity index (χ4v) is 7.40. The van der Waals surface area contributed by atoms with E-state index in [1.165, 1.54) is 32.7 Å². The van der Waals surface area contributed by atoms with Gasteiger partial charge in [0.1, 0.15) is 6.04 Å². The minimum Gasteiger partial charge on any atom is -0.464 e. The van der Waals surface area contributed by atoms with Crippen LogP contribution in [0.5, 0.6) is 0 Å². The normalized spacial score (nSPS) is 20.4. The van der Waals surface area contributed by atoms with Crippen molar-refractivity contribution in [3.05, 3.63) is 57.5 Å². The maximum atomic E-state index is 13.7. The van der Waals surface area contributed by atoms with E-state index in [1.807, 2.05) is 6.92 Å². The number of thiazole rings is 1. The maximum Gasteiger partial charge on any atom is 0.330 e. The number of nitrogens with two attached hydrogens (primary N) is 1. The molecular weight excluding hydrogens is 556 g/mol.